The Hall–Kier alpha value is -2.69. The van der Waals surface area contributed by atoms with E-state index in [-0.39, 0.29) is 25.1 Å². The minimum atomic E-state index is -4.28. The fourth-order valence-electron chi connectivity index (χ4n) is 4.35. The molecule has 4 rings (SSSR count). The summed E-state index contributed by atoms with van der Waals surface area (Å²) in [5.74, 6) is -0.214. The van der Waals surface area contributed by atoms with Gasteiger partial charge in [-0.05, 0) is 29.8 Å². The maximum atomic E-state index is 13.4. The molecule has 0 spiro atoms. The molecule has 2 heterocycles. The minimum Gasteiger partial charge on any atom is -0.496 e. The third-order valence-electron chi connectivity index (χ3n) is 6.19. The van der Waals surface area contributed by atoms with Crippen molar-refractivity contribution in [1.29, 1.82) is 0 Å². The fraction of sp³-hybridized carbons (Fsp3) is 0.458. The smallest absolute Gasteiger partial charge is 0.391 e. The highest BCUT2D eigenvalue weighted by Gasteiger charge is 2.51. The zero-order valence-corrected chi connectivity index (χ0v) is 18.6. The number of hydrogen-bond donors (Lipinski definition) is 0. The molecule has 184 valence electrons. The average Bonchev–Trinajstić information content (AvgIpc) is 3.25. The second-order valence-electron chi connectivity index (χ2n) is 8.26. The lowest BCUT2D eigenvalue weighted by Gasteiger charge is -2.42. The van der Waals surface area contributed by atoms with Gasteiger partial charge in [-0.15, -0.1) is 0 Å². The largest absolute Gasteiger partial charge is 0.496 e. The molecule has 0 unspecified atom stereocenters. The molecular formula is C24H25F4NO5. The molecule has 0 radical (unpaired) electrons. The Kier molecular flexibility index (Phi) is 7.11. The van der Waals surface area contributed by atoms with Gasteiger partial charge in [-0.1, -0.05) is 18.2 Å². The number of carbonyl (C=O) groups excluding carboxylic acids is 1. The third-order valence-corrected chi connectivity index (χ3v) is 6.19. The van der Waals surface area contributed by atoms with Crippen LogP contribution < -0.4 is 4.74 Å². The second kappa shape index (κ2) is 9.89. The number of halogens is 4. The van der Waals surface area contributed by atoms with E-state index in [0.29, 0.717) is 36.4 Å². The predicted molar refractivity (Wildman–Crippen MR) is 113 cm³/mol. The number of rotatable bonds is 7. The Morgan fingerprint density at radius 2 is 1.97 bits per heavy atom. The number of fused-ring (bicyclic) bond motifs is 1. The first kappa shape index (κ1) is 24.4. The molecular weight excluding hydrogens is 458 g/mol. The number of nitrogens with zero attached hydrogens (tertiary/aromatic N) is 1. The first-order valence-electron chi connectivity index (χ1n) is 10.8. The van der Waals surface area contributed by atoms with Gasteiger partial charge in [-0.25, -0.2) is 4.39 Å². The summed E-state index contributed by atoms with van der Waals surface area (Å²) < 4.78 is 72.4. The number of methoxy groups -OCH3 is 1. The van der Waals surface area contributed by atoms with Crippen LogP contribution in [0.2, 0.25) is 0 Å². The highest BCUT2D eigenvalue weighted by Crippen LogP contribution is 2.42. The molecule has 1 amide bonds. The van der Waals surface area contributed by atoms with Gasteiger partial charge in [0, 0.05) is 24.1 Å². The highest BCUT2D eigenvalue weighted by atomic mass is 19.4. The molecule has 2 aromatic rings. The predicted octanol–water partition coefficient (Wildman–Crippen LogP) is 4.42. The van der Waals surface area contributed by atoms with Gasteiger partial charge in [0.15, 0.2) is 0 Å². The second-order valence-corrected chi connectivity index (χ2v) is 8.26. The van der Waals surface area contributed by atoms with Crippen LogP contribution in [0, 0.1) is 5.82 Å². The lowest BCUT2D eigenvalue weighted by Crippen LogP contribution is -2.53. The summed E-state index contributed by atoms with van der Waals surface area (Å²) >= 11 is 0. The Bertz CT molecular complexity index is 1010. The quantitative estimate of drug-likeness (QED) is 0.431. The topological polar surface area (TPSA) is 57.2 Å². The first-order chi connectivity index (χ1) is 16.2. The number of piperidine rings is 1. The zero-order chi connectivity index (χ0) is 24.3. The molecule has 0 saturated carbocycles. The summed E-state index contributed by atoms with van der Waals surface area (Å²) in [5.41, 5.74) is 0.992. The Labute approximate surface area is 194 Å². The van der Waals surface area contributed by atoms with Gasteiger partial charge < -0.3 is 23.8 Å². The van der Waals surface area contributed by atoms with Crippen LogP contribution in [0.3, 0.4) is 0 Å². The number of ether oxygens (including phenoxy) is 4. The molecule has 2 aliphatic heterocycles. The van der Waals surface area contributed by atoms with E-state index in [2.05, 4.69) is 0 Å². The Balaban J connectivity index is 1.43. The van der Waals surface area contributed by atoms with E-state index in [1.54, 1.807) is 35.2 Å². The first-order valence-corrected chi connectivity index (χ1v) is 10.8. The molecule has 2 aliphatic rings. The van der Waals surface area contributed by atoms with Crippen molar-refractivity contribution in [2.24, 2.45) is 0 Å². The van der Waals surface area contributed by atoms with E-state index in [0.717, 1.165) is 5.56 Å². The SMILES string of the molecule is COc1cc(C(=O)N2CC[C@]3(c4ccc(F)cc4)OCO[C@@H]3C2)ccc1COCCC(F)(F)F. The molecule has 10 heteroatoms. The Morgan fingerprint density at radius 1 is 1.21 bits per heavy atom. The number of hydrogen-bond acceptors (Lipinski definition) is 5. The van der Waals surface area contributed by atoms with Crippen LogP contribution in [0.15, 0.2) is 42.5 Å². The number of amides is 1. The molecule has 6 nitrogen and oxygen atoms in total. The van der Waals surface area contributed by atoms with Crippen molar-refractivity contribution in [2.75, 3.05) is 33.6 Å². The summed E-state index contributed by atoms with van der Waals surface area (Å²) in [7, 11) is 1.42. The highest BCUT2D eigenvalue weighted by molar-refractivity contribution is 5.95. The lowest BCUT2D eigenvalue weighted by molar-refractivity contribution is -0.146. The maximum Gasteiger partial charge on any atom is 0.391 e. The molecule has 0 aromatic heterocycles. The van der Waals surface area contributed by atoms with Gasteiger partial charge in [0.25, 0.3) is 5.91 Å². The number of benzene rings is 2. The molecule has 2 atom stereocenters. The van der Waals surface area contributed by atoms with E-state index >= 15 is 0 Å². The molecule has 2 fully saturated rings. The lowest BCUT2D eigenvalue weighted by atomic mass is 9.82. The van der Waals surface area contributed by atoms with Crippen LogP contribution in [-0.4, -0.2) is 56.7 Å². The summed E-state index contributed by atoms with van der Waals surface area (Å²) in [6.45, 7) is 0.258. The normalized spacial score (nSPS) is 22.5. The molecule has 2 aromatic carbocycles. The van der Waals surface area contributed by atoms with E-state index in [4.69, 9.17) is 18.9 Å². The molecule has 0 aliphatic carbocycles. The number of carbonyl (C=O) groups is 1. The molecule has 34 heavy (non-hydrogen) atoms. The van der Waals surface area contributed by atoms with Crippen molar-refractivity contribution in [3.8, 4) is 5.75 Å². The Morgan fingerprint density at radius 3 is 2.68 bits per heavy atom. The summed E-state index contributed by atoms with van der Waals surface area (Å²) in [6, 6.07) is 10.9. The van der Waals surface area contributed by atoms with Gasteiger partial charge in [-0.3, -0.25) is 4.79 Å². The van der Waals surface area contributed by atoms with Crippen molar-refractivity contribution in [2.45, 2.75) is 37.3 Å². The van der Waals surface area contributed by atoms with E-state index < -0.39 is 30.9 Å². The minimum absolute atomic E-state index is 0.0646. The number of likely N-dealkylation sites (tertiary alicyclic amines) is 1. The van der Waals surface area contributed by atoms with Crippen LogP contribution in [0.4, 0.5) is 17.6 Å². The summed E-state index contributed by atoms with van der Waals surface area (Å²) in [5, 5.41) is 0. The molecule has 0 N–H and O–H groups in total. The van der Waals surface area contributed by atoms with Crippen molar-refractivity contribution < 1.29 is 41.3 Å². The monoisotopic (exact) mass is 483 g/mol. The summed E-state index contributed by atoms with van der Waals surface area (Å²) in [4.78, 5) is 14.9. The average molecular weight is 483 g/mol. The van der Waals surface area contributed by atoms with Crippen LogP contribution in [0.25, 0.3) is 0 Å². The van der Waals surface area contributed by atoms with Gasteiger partial charge in [0.05, 0.1) is 33.3 Å². The van der Waals surface area contributed by atoms with Crippen molar-refractivity contribution >= 4 is 5.91 Å². The maximum absolute atomic E-state index is 13.4. The van der Waals surface area contributed by atoms with Gasteiger partial charge in [0.2, 0.25) is 0 Å². The van der Waals surface area contributed by atoms with Crippen molar-refractivity contribution in [3.05, 3.63) is 65.0 Å². The van der Waals surface area contributed by atoms with Crippen molar-refractivity contribution in [3.63, 3.8) is 0 Å². The third kappa shape index (κ3) is 5.18. The fourth-order valence-corrected chi connectivity index (χ4v) is 4.35. The van der Waals surface area contributed by atoms with E-state index in [1.165, 1.54) is 19.2 Å². The summed E-state index contributed by atoms with van der Waals surface area (Å²) in [6.07, 6.45) is -5.24. The zero-order valence-electron chi connectivity index (χ0n) is 18.6. The van der Waals surface area contributed by atoms with Crippen LogP contribution in [0.5, 0.6) is 5.75 Å². The van der Waals surface area contributed by atoms with Gasteiger partial charge >= 0.3 is 6.18 Å². The number of alkyl halides is 3. The van der Waals surface area contributed by atoms with Crippen LogP contribution >= 0.6 is 0 Å². The van der Waals surface area contributed by atoms with Crippen LogP contribution in [0.1, 0.15) is 34.3 Å². The van der Waals surface area contributed by atoms with Crippen molar-refractivity contribution in [1.82, 2.24) is 4.90 Å². The van der Waals surface area contributed by atoms with Gasteiger partial charge in [-0.2, -0.15) is 13.2 Å². The van der Waals surface area contributed by atoms with Gasteiger partial charge in [0.1, 0.15) is 30.1 Å². The van der Waals surface area contributed by atoms with Crippen LogP contribution in [-0.2, 0) is 26.4 Å². The van der Waals surface area contributed by atoms with E-state index in [9.17, 15) is 22.4 Å². The van der Waals surface area contributed by atoms with E-state index in [1.807, 2.05) is 0 Å². The standard InChI is InChI=1S/C24H25F4NO5/c1-31-20-12-16(2-3-17(20)14-32-11-9-24(26,27)28)22(30)29-10-8-23(21(13-29)33-15-34-23)18-4-6-19(25)7-5-18/h2-7,12,21H,8-11,13-15H2,1H3/t21-,23-/m1/s1. The molecule has 0 bridgehead atoms. The molecule has 2 saturated heterocycles.